The maximum atomic E-state index is 12.2. The van der Waals surface area contributed by atoms with Gasteiger partial charge >= 0.3 is 6.09 Å². The van der Waals surface area contributed by atoms with E-state index in [1.54, 1.807) is 4.90 Å². The summed E-state index contributed by atoms with van der Waals surface area (Å²) in [5, 5.41) is 3.21. The molecule has 146 valence electrons. The van der Waals surface area contributed by atoms with Gasteiger partial charge < -0.3 is 19.9 Å². The number of piperazine rings is 1. The van der Waals surface area contributed by atoms with Crippen LogP contribution >= 0.6 is 24.0 Å². The van der Waals surface area contributed by atoms with Crippen molar-refractivity contribution >= 4 is 45.9 Å². The first-order valence-electron chi connectivity index (χ1n) is 8.26. The normalized spacial score (nSPS) is 20.5. The Hall–Kier alpha value is -0.780. The lowest BCUT2D eigenvalue weighted by Gasteiger charge is -2.39. The van der Waals surface area contributed by atoms with E-state index in [2.05, 4.69) is 15.2 Å². The lowest BCUT2D eigenvalue weighted by atomic mass is 10.2. The van der Waals surface area contributed by atoms with E-state index in [1.807, 2.05) is 20.8 Å². The number of sulfone groups is 1. The highest BCUT2D eigenvalue weighted by atomic mass is 127. The minimum Gasteiger partial charge on any atom is -0.444 e. The summed E-state index contributed by atoms with van der Waals surface area (Å²) in [6.07, 6.45) is 1.52. The standard InChI is InChI=1S/C15H28N4O4S.HI/c1-15(2,3)23-14(20)18-7-8-19-12(11-18)10-17-13(19)16-6-5-9-24(4,21)22;/h12H,5-11H2,1-4H3,(H,16,17);1H. The third-order valence-corrected chi connectivity index (χ3v) is 4.86. The van der Waals surface area contributed by atoms with Gasteiger partial charge in [-0.05, 0) is 27.2 Å². The van der Waals surface area contributed by atoms with Crippen LogP contribution in [-0.4, -0.2) is 86.6 Å². The van der Waals surface area contributed by atoms with Crippen molar-refractivity contribution < 1.29 is 17.9 Å². The zero-order chi connectivity index (χ0) is 18.0. The Morgan fingerprint density at radius 3 is 2.64 bits per heavy atom. The van der Waals surface area contributed by atoms with Gasteiger partial charge in [-0.1, -0.05) is 0 Å². The zero-order valence-corrected chi connectivity index (χ0v) is 18.5. The summed E-state index contributed by atoms with van der Waals surface area (Å²) >= 11 is 0. The number of hydrogen-bond acceptors (Lipinski definition) is 7. The average Bonchev–Trinajstić information content (AvgIpc) is 2.83. The van der Waals surface area contributed by atoms with Gasteiger partial charge in [-0.3, -0.25) is 4.99 Å². The van der Waals surface area contributed by atoms with Crippen LogP contribution in [0.1, 0.15) is 27.2 Å². The summed E-state index contributed by atoms with van der Waals surface area (Å²) in [7, 11) is -2.93. The third-order valence-electron chi connectivity index (χ3n) is 3.83. The van der Waals surface area contributed by atoms with E-state index in [0.29, 0.717) is 39.1 Å². The maximum absolute atomic E-state index is 12.2. The largest absolute Gasteiger partial charge is 0.444 e. The molecule has 0 aromatic carbocycles. The van der Waals surface area contributed by atoms with Crippen molar-refractivity contribution in [2.75, 3.05) is 44.7 Å². The van der Waals surface area contributed by atoms with Crippen molar-refractivity contribution in [3.63, 3.8) is 0 Å². The van der Waals surface area contributed by atoms with Crippen molar-refractivity contribution in [2.24, 2.45) is 4.99 Å². The molecule has 2 heterocycles. The lowest BCUT2D eigenvalue weighted by Crippen LogP contribution is -2.57. The molecule has 0 aliphatic carbocycles. The topological polar surface area (TPSA) is 91.3 Å². The summed E-state index contributed by atoms with van der Waals surface area (Å²) in [6, 6.07) is 0.156. The molecule has 1 N–H and O–H groups in total. The number of fused-ring (bicyclic) bond motifs is 1. The van der Waals surface area contributed by atoms with Gasteiger partial charge in [0, 0.05) is 32.4 Å². The number of ether oxygens (including phenoxy) is 1. The molecule has 1 fully saturated rings. The molecule has 8 nitrogen and oxygen atoms in total. The van der Waals surface area contributed by atoms with Gasteiger partial charge in [-0.2, -0.15) is 0 Å². The van der Waals surface area contributed by atoms with Crippen molar-refractivity contribution in [1.29, 1.82) is 0 Å². The van der Waals surface area contributed by atoms with Crippen LogP contribution < -0.4 is 5.32 Å². The number of guanidine groups is 1. The third kappa shape index (κ3) is 7.16. The molecule has 2 aliphatic rings. The molecule has 10 heteroatoms. The van der Waals surface area contributed by atoms with Crippen molar-refractivity contribution in [2.45, 2.75) is 38.8 Å². The Labute approximate surface area is 167 Å². The molecule has 1 unspecified atom stereocenters. The SMILES string of the molecule is CC(C)(C)OC(=O)N1CCN2C(NCCCS(C)(=O)=O)=NCC2C1.I. The fourth-order valence-corrected chi connectivity index (χ4v) is 3.43. The van der Waals surface area contributed by atoms with Gasteiger partial charge in [0.25, 0.3) is 0 Å². The molecule has 0 radical (unpaired) electrons. The Balaban J connectivity index is 0.00000312. The van der Waals surface area contributed by atoms with Gasteiger partial charge in [-0.25, -0.2) is 13.2 Å². The van der Waals surface area contributed by atoms with E-state index >= 15 is 0 Å². The molecule has 0 saturated carbocycles. The first kappa shape index (κ1) is 22.3. The summed E-state index contributed by atoms with van der Waals surface area (Å²) in [5.74, 6) is 0.973. The van der Waals surface area contributed by atoms with Crippen LogP contribution in [0.2, 0.25) is 0 Å². The number of hydrogen-bond donors (Lipinski definition) is 1. The minimum atomic E-state index is -2.93. The zero-order valence-electron chi connectivity index (χ0n) is 15.3. The number of amides is 1. The first-order valence-corrected chi connectivity index (χ1v) is 10.3. The monoisotopic (exact) mass is 488 g/mol. The number of aliphatic imine (C=N–C) groups is 1. The predicted molar refractivity (Wildman–Crippen MR) is 108 cm³/mol. The Kier molecular flexibility index (Phi) is 7.78. The van der Waals surface area contributed by atoms with E-state index in [-0.39, 0.29) is 41.9 Å². The molecule has 0 spiro atoms. The Morgan fingerprint density at radius 1 is 1.36 bits per heavy atom. The summed E-state index contributed by atoms with van der Waals surface area (Å²) in [6.45, 7) is 8.66. The molecule has 2 aliphatic heterocycles. The second kappa shape index (κ2) is 8.74. The highest BCUT2D eigenvalue weighted by molar-refractivity contribution is 14.0. The van der Waals surface area contributed by atoms with E-state index in [4.69, 9.17) is 4.74 Å². The number of halogens is 1. The molecular formula is C15H29IN4O4S. The van der Waals surface area contributed by atoms with E-state index in [1.165, 1.54) is 6.26 Å². The van der Waals surface area contributed by atoms with Crippen LogP contribution in [0.3, 0.4) is 0 Å². The van der Waals surface area contributed by atoms with Gasteiger partial charge in [0.2, 0.25) is 0 Å². The minimum absolute atomic E-state index is 0. The Bertz CT molecular complexity index is 603. The van der Waals surface area contributed by atoms with Crippen LogP contribution in [-0.2, 0) is 14.6 Å². The smallest absolute Gasteiger partial charge is 0.410 e. The predicted octanol–water partition coefficient (Wildman–Crippen LogP) is 0.920. The Morgan fingerprint density at radius 2 is 2.04 bits per heavy atom. The average molecular weight is 488 g/mol. The number of nitrogens with one attached hydrogen (secondary N) is 1. The maximum Gasteiger partial charge on any atom is 0.410 e. The number of rotatable bonds is 4. The highest BCUT2D eigenvalue weighted by Crippen LogP contribution is 2.18. The molecule has 0 aromatic rings. The van der Waals surface area contributed by atoms with Gasteiger partial charge in [-0.15, -0.1) is 24.0 Å². The van der Waals surface area contributed by atoms with Crippen molar-refractivity contribution in [3.05, 3.63) is 0 Å². The number of carbonyl (C=O) groups is 1. The second-order valence-corrected chi connectivity index (χ2v) is 9.61. The summed E-state index contributed by atoms with van der Waals surface area (Å²) in [5.41, 5.74) is -0.493. The van der Waals surface area contributed by atoms with Gasteiger partial charge in [0.1, 0.15) is 15.4 Å². The molecule has 1 saturated heterocycles. The van der Waals surface area contributed by atoms with Crippen LogP contribution in [0, 0.1) is 0 Å². The summed E-state index contributed by atoms with van der Waals surface area (Å²) < 4.78 is 27.7. The fraction of sp³-hybridized carbons (Fsp3) is 0.867. The van der Waals surface area contributed by atoms with Gasteiger partial charge in [0.15, 0.2) is 5.96 Å². The van der Waals surface area contributed by atoms with Crippen LogP contribution in [0.5, 0.6) is 0 Å². The summed E-state index contributed by atoms with van der Waals surface area (Å²) in [4.78, 5) is 20.5. The molecule has 25 heavy (non-hydrogen) atoms. The van der Waals surface area contributed by atoms with Crippen molar-refractivity contribution in [1.82, 2.24) is 15.1 Å². The van der Waals surface area contributed by atoms with Crippen LogP contribution in [0.15, 0.2) is 4.99 Å². The van der Waals surface area contributed by atoms with Gasteiger partial charge in [0.05, 0.1) is 18.3 Å². The highest BCUT2D eigenvalue weighted by Gasteiger charge is 2.36. The van der Waals surface area contributed by atoms with E-state index in [9.17, 15) is 13.2 Å². The quantitative estimate of drug-likeness (QED) is 0.468. The number of nitrogens with zero attached hydrogens (tertiary/aromatic N) is 3. The van der Waals surface area contributed by atoms with Crippen LogP contribution in [0.4, 0.5) is 4.79 Å². The molecular weight excluding hydrogens is 459 g/mol. The molecule has 0 bridgehead atoms. The molecule has 1 amide bonds. The first-order chi connectivity index (χ1) is 11.1. The fourth-order valence-electron chi connectivity index (χ4n) is 2.76. The molecule has 1 atom stereocenters. The molecule has 0 aromatic heterocycles. The van der Waals surface area contributed by atoms with E-state index < -0.39 is 15.4 Å². The molecule has 2 rings (SSSR count). The lowest BCUT2D eigenvalue weighted by molar-refractivity contribution is 0.0137. The van der Waals surface area contributed by atoms with E-state index in [0.717, 1.165) is 5.96 Å². The van der Waals surface area contributed by atoms with Crippen LogP contribution in [0.25, 0.3) is 0 Å². The second-order valence-electron chi connectivity index (χ2n) is 7.35. The number of carbonyl (C=O) groups excluding carboxylic acids is 1. The van der Waals surface area contributed by atoms with Crippen molar-refractivity contribution in [3.8, 4) is 0 Å².